The van der Waals surface area contributed by atoms with Gasteiger partial charge in [-0.15, -0.1) is 23.7 Å². The standard InChI is InChI=1S/C17H22N4O3S.ClH/c1-10(2)21-8-6-11-13(9-21)25-16(14(11)17(23)24-4)19-15(22)12-5-7-18-20(12)3;/h5,7,10H,6,8-9H2,1-4H3,(H,19,22);1H. The first-order chi connectivity index (χ1) is 11.9. The number of thiophene rings is 1. The predicted octanol–water partition coefficient (Wildman–Crippen LogP) is 2.71. The molecule has 1 amide bonds. The summed E-state index contributed by atoms with van der Waals surface area (Å²) >= 11 is 1.45. The van der Waals surface area contributed by atoms with Crippen molar-refractivity contribution in [3.8, 4) is 0 Å². The first kappa shape index (κ1) is 20.4. The summed E-state index contributed by atoms with van der Waals surface area (Å²) in [5.41, 5.74) is 1.92. The van der Waals surface area contributed by atoms with Gasteiger partial charge in [-0.05, 0) is 31.9 Å². The summed E-state index contributed by atoms with van der Waals surface area (Å²) in [4.78, 5) is 28.3. The van der Waals surface area contributed by atoms with Crippen molar-refractivity contribution < 1.29 is 14.3 Å². The highest BCUT2D eigenvalue weighted by Gasteiger charge is 2.30. The third-order valence-electron chi connectivity index (χ3n) is 4.49. The number of carbonyl (C=O) groups is 2. The fourth-order valence-electron chi connectivity index (χ4n) is 3.03. The second-order valence-corrected chi connectivity index (χ2v) is 7.41. The highest BCUT2D eigenvalue weighted by molar-refractivity contribution is 7.17. The first-order valence-electron chi connectivity index (χ1n) is 8.18. The first-order valence-corrected chi connectivity index (χ1v) is 9.00. The molecule has 0 saturated carbocycles. The second kappa shape index (κ2) is 8.20. The number of hydrogen-bond acceptors (Lipinski definition) is 6. The van der Waals surface area contributed by atoms with Crippen LogP contribution in [0.25, 0.3) is 0 Å². The molecule has 3 rings (SSSR count). The Morgan fingerprint density at radius 2 is 2.12 bits per heavy atom. The number of hydrogen-bond donors (Lipinski definition) is 1. The monoisotopic (exact) mass is 398 g/mol. The van der Waals surface area contributed by atoms with E-state index < -0.39 is 5.97 Å². The fraction of sp³-hybridized carbons (Fsp3) is 0.471. The van der Waals surface area contributed by atoms with Crippen molar-refractivity contribution in [1.29, 1.82) is 0 Å². The molecule has 0 atom stereocenters. The summed E-state index contributed by atoms with van der Waals surface area (Å²) in [6.07, 6.45) is 2.34. The zero-order valence-corrected chi connectivity index (χ0v) is 16.9. The van der Waals surface area contributed by atoms with E-state index in [1.807, 2.05) is 0 Å². The van der Waals surface area contributed by atoms with Gasteiger partial charge in [0.25, 0.3) is 5.91 Å². The number of nitrogens with zero attached hydrogens (tertiary/aromatic N) is 3. The third-order valence-corrected chi connectivity index (χ3v) is 5.62. The fourth-order valence-corrected chi connectivity index (χ4v) is 4.29. The number of fused-ring (bicyclic) bond motifs is 1. The van der Waals surface area contributed by atoms with Crippen LogP contribution >= 0.6 is 23.7 Å². The average molecular weight is 399 g/mol. The Labute approximate surface area is 162 Å². The Bertz CT molecular complexity index is 815. The number of carbonyl (C=O) groups excluding carboxylic acids is 2. The molecule has 0 fully saturated rings. The number of rotatable bonds is 4. The lowest BCUT2D eigenvalue weighted by Gasteiger charge is -2.30. The molecule has 2 aromatic rings. The van der Waals surface area contributed by atoms with Gasteiger partial charge in [-0.1, -0.05) is 0 Å². The molecule has 0 unspecified atom stereocenters. The Kier molecular flexibility index (Phi) is 6.44. The Morgan fingerprint density at radius 1 is 1.38 bits per heavy atom. The quantitative estimate of drug-likeness (QED) is 0.801. The lowest BCUT2D eigenvalue weighted by atomic mass is 10.0. The molecule has 0 aliphatic carbocycles. The van der Waals surface area contributed by atoms with E-state index in [0.29, 0.717) is 22.3 Å². The largest absolute Gasteiger partial charge is 0.465 e. The van der Waals surface area contributed by atoms with Crippen LogP contribution in [0.4, 0.5) is 5.00 Å². The summed E-state index contributed by atoms with van der Waals surface area (Å²) in [5.74, 6) is -0.694. The van der Waals surface area contributed by atoms with Crippen LogP contribution in [0.3, 0.4) is 0 Å². The minimum atomic E-state index is -0.407. The average Bonchev–Trinajstić information content (AvgIpc) is 3.16. The van der Waals surface area contributed by atoms with E-state index in [4.69, 9.17) is 4.74 Å². The Morgan fingerprint density at radius 3 is 2.69 bits per heavy atom. The minimum absolute atomic E-state index is 0. The van der Waals surface area contributed by atoms with Crippen LogP contribution in [-0.2, 0) is 24.8 Å². The van der Waals surface area contributed by atoms with Gasteiger partial charge < -0.3 is 10.1 Å². The molecule has 0 aromatic carbocycles. The summed E-state index contributed by atoms with van der Waals surface area (Å²) < 4.78 is 6.46. The van der Waals surface area contributed by atoms with Crippen LogP contribution in [0.2, 0.25) is 0 Å². The predicted molar refractivity (Wildman–Crippen MR) is 103 cm³/mol. The van der Waals surface area contributed by atoms with Gasteiger partial charge in [0.05, 0.1) is 12.7 Å². The van der Waals surface area contributed by atoms with Crippen LogP contribution in [0.1, 0.15) is 45.1 Å². The van der Waals surface area contributed by atoms with Gasteiger partial charge >= 0.3 is 5.97 Å². The van der Waals surface area contributed by atoms with Crippen molar-refractivity contribution in [3.05, 3.63) is 34.0 Å². The van der Waals surface area contributed by atoms with Gasteiger partial charge in [0.15, 0.2) is 0 Å². The van der Waals surface area contributed by atoms with Crippen molar-refractivity contribution in [2.45, 2.75) is 32.9 Å². The van der Waals surface area contributed by atoms with Crippen molar-refractivity contribution in [2.75, 3.05) is 19.0 Å². The van der Waals surface area contributed by atoms with Gasteiger partial charge in [-0.2, -0.15) is 5.10 Å². The van der Waals surface area contributed by atoms with E-state index in [2.05, 4.69) is 29.2 Å². The van der Waals surface area contributed by atoms with Gasteiger partial charge in [-0.3, -0.25) is 14.4 Å². The van der Waals surface area contributed by atoms with Crippen LogP contribution in [0.5, 0.6) is 0 Å². The van der Waals surface area contributed by atoms with E-state index in [-0.39, 0.29) is 18.3 Å². The molecular formula is C17H23ClN4O3S. The number of aromatic nitrogens is 2. The van der Waals surface area contributed by atoms with Gasteiger partial charge in [0.1, 0.15) is 10.7 Å². The smallest absolute Gasteiger partial charge is 0.341 e. The van der Waals surface area contributed by atoms with Crippen LogP contribution in [0, 0.1) is 0 Å². The maximum atomic E-state index is 12.5. The second-order valence-electron chi connectivity index (χ2n) is 6.31. The van der Waals surface area contributed by atoms with E-state index in [1.54, 1.807) is 19.3 Å². The van der Waals surface area contributed by atoms with Crippen molar-refractivity contribution >= 4 is 40.6 Å². The number of aryl methyl sites for hydroxylation is 1. The van der Waals surface area contributed by atoms with Gasteiger partial charge in [0.2, 0.25) is 0 Å². The van der Waals surface area contributed by atoms with Crippen LogP contribution < -0.4 is 5.32 Å². The lowest BCUT2D eigenvalue weighted by Crippen LogP contribution is -2.35. The molecule has 3 heterocycles. The van der Waals surface area contributed by atoms with Gasteiger partial charge in [0, 0.05) is 37.3 Å². The molecule has 1 aliphatic heterocycles. The number of nitrogens with one attached hydrogen (secondary N) is 1. The number of methoxy groups -OCH3 is 1. The SMILES string of the molecule is COC(=O)c1c(NC(=O)c2ccnn2C)sc2c1CCN(C(C)C)C2.Cl. The number of ether oxygens (including phenoxy) is 1. The molecule has 0 saturated heterocycles. The van der Waals surface area contributed by atoms with Crippen molar-refractivity contribution in [3.63, 3.8) is 0 Å². The summed E-state index contributed by atoms with van der Waals surface area (Å²) in [5, 5.41) is 7.43. The lowest BCUT2D eigenvalue weighted by molar-refractivity contribution is 0.0600. The maximum absolute atomic E-state index is 12.5. The minimum Gasteiger partial charge on any atom is -0.465 e. The van der Waals surface area contributed by atoms with Crippen molar-refractivity contribution in [1.82, 2.24) is 14.7 Å². The summed E-state index contributed by atoms with van der Waals surface area (Å²) in [6.45, 7) is 5.99. The Balaban J connectivity index is 0.00000243. The molecule has 1 aliphatic rings. The third kappa shape index (κ3) is 3.77. The van der Waals surface area contributed by atoms with E-state index in [9.17, 15) is 9.59 Å². The molecular weight excluding hydrogens is 376 g/mol. The molecule has 0 spiro atoms. The summed E-state index contributed by atoms with van der Waals surface area (Å²) in [7, 11) is 3.07. The molecule has 26 heavy (non-hydrogen) atoms. The number of halogens is 1. The normalized spacial score (nSPS) is 13.9. The number of amides is 1. The highest BCUT2D eigenvalue weighted by Crippen LogP contribution is 2.38. The molecule has 142 valence electrons. The molecule has 1 N–H and O–H groups in total. The van der Waals surface area contributed by atoms with Crippen LogP contribution in [-0.4, -0.2) is 46.3 Å². The molecule has 0 radical (unpaired) electrons. The van der Waals surface area contributed by atoms with E-state index >= 15 is 0 Å². The summed E-state index contributed by atoms with van der Waals surface area (Å²) in [6, 6.07) is 2.07. The zero-order chi connectivity index (χ0) is 18.1. The zero-order valence-electron chi connectivity index (χ0n) is 15.2. The van der Waals surface area contributed by atoms with Crippen molar-refractivity contribution in [2.24, 2.45) is 7.05 Å². The number of esters is 1. The molecule has 7 nitrogen and oxygen atoms in total. The molecule has 2 aromatic heterocycles. The van der Waals surface area contributed by atoms with Gasteiger partial charge in [-0.25, -0.2) is 4.79 Å². The molecule has 9 heteroatoms. The van der Waals surface area contributed by atoms with E-state index in [1.165, 1.54) is 23.1 Å². The van der Waals surface area contributed by atoms with Crippen LogP contribution in [0.15, 0.2) is 12.3 Å². The highest BCUT2D eigenvalue weighted by atomic mass is 35.5. The topological polar surface area (TPSA) is 76.5 Å². The van der Waals surface area contributed by atoms with E-state index in [0.717, 1.165) is 30.0 Å². The Hall–Kier alpha value is -1.90. The molecule has 0 bridgehead atoms. The number of anilines is 1. The maximum Gasteiger partial charge on any atom is 0.341 e.